The van der Waals surface area contributed by atoms with Crippen molar-refractivity contribution < 1.29 is 5.11 Å². The van der Waals surface area contributed by atoms with Gasteiger partial charge in [0, 0.05) is 3.92 Å². The molecule has 0 amide bonds. The second-order valence-corrected chi connectivity index (χ2v) is 6.03. The number of hydrogen-bond acceptors (Lipinski definition) is 1. The van der Waals surface area contributed by atoms with Gasteiger partial charge in [-0.2, -0.15) is 0 Å². The Kier molecular flexibility index (Phi) is 3.30. The minimum atomic E-state index is 0.0181. The molecule has 1 N–H and O–H groups in total. The maximum absolute atomic E-state index is 9.18. The third-order valence-corrected chi connectivity index (χ3v) is 4.14. The number of aliphatic hydroxyl groups is 1. The van der Waals surface area contributed by atoms with Crippen LogP contribution in [0.1, 0.15) is 38.5 Å². The summed E-state index contributed by atoms with van der Waals surface area (Å²) in [5, 5.41) is 9.18. The van der Waals surface area contributed by atoms with Gasteiger partial charge < -0.3 is 5.11 Å². The number of hydrogen-bond donors (Lipinski definition) is 1. The smallest absolute Gasteiger partial charge is 0.0545 e. The van der Waals surface area contributed by atoms with E-state index in [9.17, 15) is 5.11 Å². The van der Waals surface area contributed by atoms with Crippen molar-refractivity contribution >= 4 is 22.6 Å². The van der Waals surface area contributed by atoms with Crippen LogP contribution in [0, 0.1) is 5.92 Å². The molecule has 0 radical (unpaired) electrons. The molecule has 13 heavy (non-hydrogen) atoms. The first-order valence-electron chi connectivity index (χ1n) is 5.26. The van der Waals surface area contributed by atoms with Crippen LogP contribution in [0.3, 0.4) is 0 Å². The number of rotatable bonds is 2. The molecule has 2 aliphatic rings. The average molecular weight is 292 g/mol. The van der Waals surface area contributed by atoms with E-state index in [1.165, 1.54) is 25.7 Å². The van der Waals surface area contributed by atoms with Gasteiger partial charge in [-0.25, -0.2) is 0 Å². The zero-order chi connectivity index (χ0) is 9.26. The fourth-order valence-electron chi connectivity index (χ4n) is 2.35. The molecule has 0 aliphatic heterocycles. The molecule has 0 aromatic heterocycles. The van der Waals surface area contributed by atoms with Crippen LogP contribution >= 0.6 is 22.6 Å². The molecule has 0 bridgehead atoms. The highest BCUT2D eigenvalue weighted by atomic mass is 127. The lowest BCUT2D eigenvalue weighted by atomic mass is 9.77. The van der Waals surface area contributed by atoms with E-state index < -0.39 is 0 Å². The summed E-state index contributed by atoms with van der Waals surface area (Å²) in [4.78, 5) is 0. The largest absolute Gasteiger partial charge is 0.393 e. The van der Waals surface area contributed by atoms with Crippen LogP contribution < -0.4 is 0 Å². The lowest BCUT2D eigenvalue weighted by molar-refractivity contribution is 0.0428. The molecule has 1 atom stereocenters. The molecule has 1 nitrogen and oxygen atoms in total. The Labute approximate surface area is 93.7 Å². The second kappa shape index (κ2) is 4.30. The Morgan fingerprint density at radius 3 is 2.85 bits per heavy atom. The summed E-state index contributed by atoms with van der Waals surface area (Å²) in [5.74, 6) is 0.794. The van der Waals surface area contributed by atoms with E-state index in [4.69, 9.17) is 0 Å². The maximum Gasteiger partial charge on any atom is 0.0545 e. The SMILES string of the molecule is O[C@H]1C[C@H](CC2=CC(I)CCC2)C1. The number of halogens is 1. The lowest BCUT2D eigenvalue weighted by Gasteiger charge is -2.33. The van der Waals surface area contributed by atoms with E-state index in [1.54, 1.807) is 5.57 Å². The van der Waals surface area contributed by atoms with Crippen molar-refractivity contribution in [1.82, 2.24) is 0 Å². The highest BCUT2D eigenvalue weighted by Crippen LogP contribution is 2.36. The molecule has 0 saturated heterocycles. The summed E-state index contributed by atoms with van der Waals surface area (Å²) in [7, 11) is 0. The van der Waals surface area contributed by atoms with Crippen LogP contribution in [-0.2, 0) is 0 Å². The molecule has 74 valence electrons. The highest BCUT2D eigenvalue weighted by Gasteiger charge is 2.28. The first-order chi connectivity index (χ1) is 6.24. The van der Waals surface area contributed by atoms with Crippen molar-refractivity contribution in [1.29, 1.82) is 0 Å². The molecule has 1 fully saturated rings. The van der Waals surface area contributed by atoms with E-state index in [-0.39, 0.29) is 6.10 Å². The zero-order valence-corrected chi connectivity index (χ0v) is 10.0. The van der Waals surface area contributed by atoms with Gasteiger partial charge in [0.15, 0.2) is 0 Å². The van der Waals surface area contributed by atoms with Crippen molar-refractivity contribution in [3.05, 3.63) is 11.6 Å². The molecule has 0 aromatic rings. The summed E-state index contributed by atoms with van der Waals surface area (Å²) >= 11 is 2.53. The highest BCUT2D eigenvalue weighted by molar-refractivity contribution is 14.1. The van der Waals surface area contributed by atoms with Gasteiger partial charge in [-0.1, -0.05) is 34.2 Å². The molecule has 0 spiro atoms. The van der Waals surface area contributed by atoms with Gasteiger partial charge >= 0.3 is 0 Å². The summed E-state index contributed by atoms with van der Waals surface area (Å²) in [6.45, 7) is 0. The number of allylic oxidation sites excluding steroid dienone is 2. The number of aliphatic hydroxyl groups excluding tert-OH is 1. The van der Waals surface area contributed by atoms with Gasteiger partial charge in [-0.05, 0) is 44.4 Å². The van der Waals surface area contributed by atoms with Crippen LogP contribution in [-0.4, -0.2) is 15.1 Å². The van der Waals surface area contributed by atoms with Crippen molar-refractivity contribution in [3.8, 4) is 0 Å². The molecule has 1 saturated carbocycles. The van der Waals surface area contributed by atoms with E-state index >= 15 is 0 Å². The van der Waals surface area contributed by atoms with E-state index in [2.05, 4.69) is 28.7 Å². The fourth-order valence-corrected chi connectivity index (χ4v) is 3.30. The first kappa shape index (κ1) is 9.97. The van der Waals surface area contributed by atoms with Crippen molar-refractivity contribution in [3.63, 3.8) is 0 Å². The molecule has 2 rings (SSSR count). The van der Waals surface area contributed by atoms with Gasteiger partial charge in [0.2, 0.25) is 0 Å². The van der Waals surface area contributed by atoms with Gasteiger partial charge in [0.05, 0.1) is 6.10 Å². The predicted octanol–water partition coefficient (Wildman–Crippen LogP) is 3.06. The van der Waals surface area contributed by atoms with Crippen molar-refractivity contribution in [2.45, 2.75) is 48.6 Å². The van der Waals surface area contributed by atoms with E-state index in [1.807, 2.05) is 0 Å². The number of alkyl halides is 1. The Hall–Kier alpha value is 0.430. The van der Waals surface area contributed by atoms with Crippen LogP contribution in [0.2, 0.25) is 0 Å². The fraction of sp³-hybridized carbons (Fsp3) is 0.818. The molecule has 2 aliphatic carbocycles. The van der Waals surface area contributed by atoms with Gasteiger partial charge in [0.1, 0.15) is 0 Å². The quantitative estimate of drug-likeness (QED) is 0.471. The molecular formula is C11H17IO. The zero-order valence-electron chi connectivity index (χ0n) is 7.88. The first-order valence-corrected chi connectivity index (χ1v) is 6.50. The van der Waals surface area contributed by atoms with E-state index in [0.29, 0.717) is 0 Å². The Morgan fingerprint density at radius 1 is 1.46 bits per heavy atom. The van der Waals surface area contributed by atoms with Crippen molar-refractivity contribution in [2.75, 3.05) is 0 Å². The lowest BCUT2D eigenvalue weighted by Crippen LogP contribution is -2.28. The van der Waals surface area contributed by atoms with Crippen LogP contribution in [0.4, 0.5) is 0 Å². The van der Waals surface area contributed by atoms with Crippen LogP contribution in [0.5, 0.6) is 0 Å². The van der Waals surface area contributed by atoms with Gasteiger partial charge in [0.25, 0.3) is 0 Å². The second-order valence-electron chi connectivity index (χ2n) is 4.43. The Balaban J connectivity index is 1.80. The van der Waals surface area contributed by atoms with Crippen molar-refractivity contribution in [2.24, 2.45) is 5.92 Å². The monoisotopic (exact) mass is 292 g/mol. The third-order valence-electron chi connectivity index (χ3n) is 3.16. The van der Waals surface area contributed by atoms with Crippen LogP contribution in [0.15, 0.2) is 11.6 Å². The normalized spacial score (nSPS) is 39.5. The summed E-state index contributed by atoms with van der Waals surface area (Å²) in [6.07, 6.45) is 9.86. The molecule has 0 heterocycles. The topological polar surface area (TPSA) is 20.2 Å². The Morgan fingerprint density at radius 2 is 2.23 bits per heavy atom. The molecule has 0 aromatic carbocycles. The van der Waals surface area contributed by atoms with Gasteiger partial charge in [-0.3, -0.25) is 0 Å². The van der Waals surface area contributed by atoms with Gasteiger partial charge in [-0.15, -0.1) is 0 Å². The standard InChI is InChI=1S/C11H17IO/c12-10-3-1-2-8(5-10)4-9-6-11(13)7-9/h5,9-11,13H,1-4,6-7H2/t9-,10?,11-. The minimum Gasteiger partial charge on any atom is -0.393 e. The molecule has 1 unspecified atom stereocenters. The Bertz CT molecular complexity index is 206. The predicted molar refractivity (Wildman–Crippen MR) is 63.1 cm³/mol. The average Bonchev–Trinajstić information content (AvgIpc) is 2.01. The maximum atomic E-state index is 9.18. The summed E-state index contributed by atoms with van der Waals surface area (Å²) < 4.78 is 0.770. The molecule has 2 heteroatoms. The van der Waals surface area contributed by atoms with E-state index in [0.717, 1.165) is 22.7 Å². The summed E-state index contributed by atoms with van der Waals surface area (Å²) in [6, 6.07) is 0. The van der Waals surface area contributed by atoms with Crippen LogP contribution in [0.25, 0.3) is 0 Å². The summed E-state index contributed by atoms with van der Waals surface area (Å²) in [5.41, 5.74) is 1.66. The molecular weight excluding hydrogens is 275 g/mol. The third kappa shape index (κ3) is 2.69. The minimum absolute atomic E-state index is 0.0181.